The van der Waals surface area contributed by atoms with Crippen LogP contribution < -0.4 is 21.5 Å². The van der Waals surface area contributed by atoms with Gasteiger partial charge in [-0.15, -0.1) is 0 Å². The van der Waals surface area contributed by atoms with Crippen molar-refractivity contribution < 1.29 is 9.90 Å². The van der Waals surface area contributed by atoms with Crippen molar-refractivity contribution in [2.75, 3.05) is 6.54 Å². The summed E-state index contributed by atoms with van der Waals surface area (Å²) in [7, 11) is 0. The van der Waals surface area contributed by atoms with Crippen LogP contribution in [0.1, 0.15) is 18.9 Å². The van der Waals surface area contributed by atoms with E-state index in [9.17, 15) is 14.7 Å². The van der Waals surface area contributed by atoms with Crippen LogP contribution in [0.25, 0.3) is 28.1 Å². The Morgan fingerprint density at radius 2 is 1.86 bits per heavy atom. The van der Waals surface area contributed by atoms with Crippen molar-refractivity contribution in [3.05, 3.63) is 104 Å². The van der Waals surface area contributed by atoms with E-state index in [-0.39, 0.29) is 22.1 Å². The third-order valence-electron chi connectivity index (χ3n) is 5.94. The second-order valence-electron chi connectivity index (χ2n) is 8.20. The van der Waals surface area contributed by atoms with Gasteiger partial charge < -0.3 is 10.4 Å². The number of rotatable bonds is 5. The van der Waals surface area contributed by atoms with Gasteiger partial charge in [0.25, 0.3) is 5.56 Å². The van der Waals surface area contributed by atoms with Gasteiger partial charge in [0, 0.05) is 24.1 Å². The summed E-state index contributed by atoms with van der Waals surface area (Å²) in [6.07, 6.45) is 2.10. The van der Waals surface area contributed by atoms with Crippen molar-refractivity contribution in [2.24, 2.45) is 4.99 Å². The smallest absolute Gasteiger partial charge is 0.262 e. The first-order valence-electron chi connectivity index (χ1n) is 11.1. The van der Waals surface area contributed by atoms with E-state index < -0.39 is 5.56 Å². The van der Waals surface area contributed by atoms with Gasteiger partial charge in [0.15, 0.2) is 4.77 Å². The molecular formula is C27H22N4O3S. The molecule has 5 rings (SSSR count). The molecule has 0 atom stereocenters. The standard InChI is InChI=1S/C27H22N4O3S/c1-16(32)28-14-13-20-19-10-4-5-11-22(19)29-23(20)15-21-25(33)30-27(35)31(26(21)34)24-12-6-8-17-7-2-3-9-18(17)24/h2-12,15,34H,13-14H2,1H3,(H,28,32)(H,30,33,35). The summed E-state index contributed by atoms with van der Waals surface area (Å²) in [4.78, 5) is 31.7. The fraction of sp³-hybridized carbons (Fsp3) is 0.111. The highest BCUT2D eigenvalue weighted by molar-refractivity contribution is 7.71. The highest BCUT2D eigenvalue weighted by Crippen LogP contribution is 2.29. The van der Waals surface area contributed by atoms with E-state index in [0.717, 1.165) is 26.9 Å². The number of H-pyrrole nitrogens is 1. The average Bonchev–Trinajstić information content (AvgIpc) is 3.19. The van der Waals surface area contributed by atoms with E-state index in [1.165, 1.54) is 11.5 Å². The van der Waals surface area contributed by atoms with Crippen LogP contribution in [0.3, 0.4) is 0 Å². The third kappa shape index (κ3) is 4.20. The summed E-state index contributed by atoms with van der Waals surface area (Å²) in [5.41, 5.74) is 1.63. The normalized spacial score (nSPS) is 13.6. The zero-order valence-corrected chi connectivity index (χ0v) is 19.7. The molecule has 0 radical (unpaired) electrons. The lowest BCUT2D eigenvalue weighted by Crippen LogP contribution is -2.25. The minimum Gasteiger partial charge on any atom is -0.494 e. The van der Waals surface area contributed by atoms with E-state index >= 15 is 0 Å². The Kier molecular flexibility index (Phi) is 5.88. The molecule has 1 aromatic heterocycles. The number of carbonyl (C=O) groups is 1. The maximum Gasteiger partial charge on any atom is 0.262 e. The number of hydrogen-bond donors (Lipinski definition) is 3. The van der Waals surface area contributed by atoms with Crippen LogP contribution in [0.5, 0.6) is 5.88 Å². The van der Waals surface area contributed by atoms with Crippen molar-refractivity contribution in [2.45, 2.75) is 13.3 Å². The molecule has 0 saturated heterocycles. The largest absolute Gasteiger partial charge is 0.494 e. The first-order valence-corrected chi connectivity index (χ1v) is 11.5. The molecule has 35 heavy (non-hydrogen) atoms. The molecule has 1 amide bonds. The van der Waals surface area contributed by atoms with E-state index in [1.807, 2.05) is 66.7 Å². The van der Waals surface area contributed by atoms with Crippen LogP contribution in [-0.4, -0.2) is 27.1 Å². The molecule has 0 fully saturated rings. The second-order valence-corrected chi connectivity index (χ2v) is 8.59. The van der Waals surface area contributed by atoms with Crippen molar-refractivity contribution in [1.29, 1.82) is 0 Å². The third-order valence-corrected chi connectivity index (χ3v) is 6.22. The summed E-state index contributed by atoms with van der Waals surface area (Å²) in [6.45, 7) is 1.89. The maximum absolute atomic E-state index is 12.9. The van der Waals surface area contributed by atoms with Gasteiger partial charge in [-0.2, -0.15) is 0 Å². The highest BCUT2D eigenvalue weighted by atomic mass is 32.1. The molecule has 0 aliphatic carbocycles. The Morgan fingerprint density at radius 3 is 2.69 bits per heavy atom. The summed E-state index contributed by atoms with van der Waals surface area (Å²) in [5, 5.41) is 17.7. The number of carbonyl (C=O) groups excluding carboxylic acids is 1. The van der Waals surface area contributed by atoms with Crippen LogP contribution >= 0.6 is 12.2 Å². The molecular weight excluding hydrogens is 460 g/mol. The topological polar surface area (TPSA) is 99.5 Å². The molecule has 3 aromatic carbocycles. The van der Waals surface area contributed by atoms with Gasteiger partial charge in [0.1, 0.15) is 5.56 Å². The number of amides is 1. The maximum atomic E-state index is 12.9. The molecule has 0 bridgehead atoms. The number of hydrogen-bond acceptors (Lipinski definition) is 5. The predicted molar refractivity (Wildman–Crippen MR) is 138 cm³/mol. The van der Waals surface area contributed by atoms with Gasteiger partial charge in [0.2, 0.25) is 11.8 Å². The highest BCUT2D eigenvalue weighted by Gasteiger charge is 2.18. The van der Waals surface area contributed by atoms with Gasteiger partial charge in [-0.1, -0.05) is 54.6 Å². The number of benzene rings is 3. The van der Waals surface area contributed by atoms with Gasteiger partial charge in [-0.05, 0) is 47.8 Å². The fourth-order valence-corrected chi connectivity index (χ4v) is 4.62. The van der Waals surface area contributed by atoms with Crippen LogP contribution in [0.15, 0.2) is 82.2 Å². The van der Waals surface area contributed by atoms with Gasteiger partial charge in [-0.25, -0.2) is 4.99 Å². The molecule has 8 heteroatoms. The molecule has 0 unspecified atom stereocenters. The number of aromatic hydroxyl groups is 1. The Bertz CT molecular complexity index is 1760. The Labute approximate surface area is 205 Å². The zero-order chi connectivity index (χ0) is 24.5. The van der Waals surface area contributed by atoms with E-state index in [2.05, 4.69) is 10.3 Å². The summed E-state index contributed by atoms with van der Waals surface area (Å²) in [5.74, 6) is -0.388. The monoisotopic (exact) mass is 482 g/mol. The Morgan fingerprint density at radius 1 is 1.11 bits per heavy atom. The SMILES string of the molecule is CC(=O)NCCC1=c2ccccc2=NC1=Cc1c(O)n(-c2cccc3ccccc23)c(=S)[nH]c1=O. The molecule has 4 aromatic rings. The number of aromatic nitrogens is 2. The second kappa shape index (κ2) is 9.15. The molecule has 3 N–H and O–H groups in total. The molecule has 2 heterocycles. The van der Waals surface area contributed by atoms with Crippen LogP contribution in [0, 0.1) is 4.77 Å². The molecule has 174 valence electrons. The minimum absolute atomic E-state index is 0.0510. The number of aromatic amines is 1. The molecule has 1 aliphatic rings. The lowest BCUT2D eigenvalue weighted by atomic mass is 10.1. The Hall–Kier alpha value is -4.30. The summed E-state index contributed by atoms with van der Waals surface area (Å²) in [6, 6.07) is 21.1. The van der Waals surface area contributed by atoms with E-state index in [4.69, 9.17) is 17.2 Å². The number of nitrogens with zero attached hydrogens (tertiary/aromatic N) is 2. The summed E-state index contributed by atoms with van der Waals surface area (Å²) >= 11 is 5.43. The van der Waals surface area contributed by atoms with Crippen molar-refractivity contribution in [3.63, 3.8) is 0 Å². The molecule has 0 spiro atoms. The van der Waals surface area contributed by atoms with Crippen LogP contribution in [-0.2, 0) is 4.79 Å². The van der Waals surface area contributed by atoms with Crippen molar-refractivity contribution in [3.8, 4) is 11.6 Å². The van der Waals surface area contributed by atoms with Crippen LogP contribution in [0.4, 0.5) is 0 Å². The van der Waals surface area contributed by atoms with Crippen LogP contribution in [0.2, 0.25) is 0 Å². The zero-order valence-electron chi connectivity index (χ0n) is 18.9. The van der Waals surface area contributed by atoms with Crippen molar-refractivity contribution in [1.82, 2.24) is 14.9 Å². The fourth-order valence-electron chi connectivity index (χ4n) is 4.34. The Balaban J connectivity index is 1.69. The van der Waals surface area contributed by atoms with E-state index in [0.29, 0.717) is 24.4 Å². The summed E-state index contributed by atoms with van der Waals surface area (Å²) < 4.78 is 1.55. The molecule has 0 saturated carbocycles. The predicted octanol–water partition coefficient (Wildman–Crippen LogP) is 3.11. The van der Waals surface area contributed by atoms with Gasteiger partial charge >= 0.3 is 0 Å². The van der Waals surface area contributed by atoms with Gasteiger partial charge in [-0.3, -0.25) is 19.1 Å². The number of fused-ring (bicyclic) bond motifs is 2. The number of para-hydroxylation sites is 1. The first-order chi connectivity index (χ1) is 16.9. The molecule has 1 aliphatic heterocycles. The lowest BCUT2D eigenvalue weighted by molar-refractivity contribution is -0.118. The molecule has 7 nitrogen and oxygen atoms in total. The quantitative estimate of drug-likeness (QED) is 0.381. The van der Waals surface area contributed by atoms with Gasteiger partial charge in [0.05, 0.1) is 16.7 Å². The van der Waals surface area contributed by atoms with Crippen molar-refractivity contribution >= 4 is 40.5 Å². The van der Waals surface area contributed by atoms with E-state index in [1.54, 1.807) is 6.08 Å². The number of nitrogens with one attached hydrogen (secondary N) is 2. The first kappa shape index (κ1) is 22.5. The average molecular weight is 483 g/mol. The lowest BCUT2D eigenvalue weighted by Gasteiger charge is -2.14. The minimum atomic E-state index is -0.510. The number of allylic oxidation sites excluding steroid dienone is 1.